The molecule has 0 aliphatic heterocycles. The second kappa shape index (κ2) is 4.17. The minimum Gasteiger partial charge on any atom is -0.334 e. The van der Waals surface area contributed by atoms with Crippen molar-refractivity contribution in [1.82, 2.24) is 14.6 Å². The molecule has 0 aliphatic rings. The number of fused-ring (bicyclic) bond motifs is 1. The molecule has 3 heterocycles. The van der Waals surface area contributed by atoms with Gasteiger partial charge >= 0.3 is 0 Å². The van der Waals surface area contributed by atoms with Crippen LogP contribution in [0.5, 0.6) is 0 Å². The van der Waals surface area contributed by atoms with Crippen LogP contribution in [-0.2, 0) is 0 Å². The number of rotatable bonds is 1. The number of hydrogen-bond acceptors (Lipinski definition) is 5. The minimum atomic E-state index is -0.210. The van der Waals surface area contributed by atoms with Crippen LogP contribution < -0.4 is 11.4 Å². The molecule has 0 unspecified atom stereocenters. The van der Waals surface area contributed by atoms with E-state index in [1.165, 1.54) is 11.3 Å². The summed E-state index contributed by atoms with van der Waals surface area (Å²) in [7, 11) is 0. The third-order valence-corrected chi connectivity index (χ3v) is 4.27. The van der Waals surface area contributed by atoms with Crippen LogP contribution in [-0.4, -0.2) is 14.6 Å². The SMILES string of the molecule is Cc1sc2nc(-c3ccncc3)n(N)c(=O)c2c1C. The summed E-state index contributed by atoms with van der Waals surface area (Å²) in [5.41, 5.74) is 1.52. The van der Waals surface area contributed by atoms with Crippen molar-refractivity contribution in [2.75, 3.05) is 5.84 Å². The van der Waals surface area contributed by atoms with E-state index in [4.69, 9.17) is 5.84 Å². The molecular weight excluding hydrogens is 260 g/mol. The highest BCUT2D eigenvalue weighted by Crippen LogP contribution is 2.27. The maximum Gasteiger partial charge on any atom is 0.281 e. The standard InChI is InChI=1S/C13H12N4OS/c1-7-8(2)19-12-10(7)13(18)17(14)11(16-12)9-3-5-15-6-4-9/h3-6H,14H2,1-2H3. The van der Waals surface area contributed by atoms with Crippen LogP contribution in [0.25, 0.3) is 21.6 Å². The lowest BCUT2D eigenvalue weighted by Crippen LogP contribution is -2.29. The maximum atomic E-state index is 12.3. The fraction of sp³-hybridized carbons (Fsp3) is 0.154. The van der Waals surface area contributed by atoms with Gasteiger partial charge in [0.2, 0.25) is 0 Å². The number of aryl methyl sites for hydroxylation is 2. The Labute approximate surface area is 113 Å². The fourth-order valence-electron chi connectivity index (χ4n) is 2.01. The average Bonchev–Trinajstić information content (AvgIpc) is 2.70. The molecule has 6 heteroatoms. The quantitative estimate of drug-likeness (QED) is 0.686. The van der Waals surface area contributed by atoms with E-state index < -0.39 is 0 Å². The average molecular weight is 272 g/mol. The van der Waals surface area contributed by atoms with Gasteiger partial charge in [-0.2, -0.15) is 0 Å². The monoisotopic (exact) mass is 272 g/mol. The molecule has 19 heavy (non-hydrogen) atoms. The Morgan fingerprint density at radius 3 is 2.63 bits per heavy atom. The van der Waals surface area contributed by atoms with Crippen molar-refractivity contribution in [3.63, 3.8) is 0 Å². The van der Waals surface area contributed by atoms with E-state index in [1.54, 1.807) is 24.5 Å². The van der Waals surface area contributed by atoms with E-state index in [-0.39, 0.29) is 5.56 Å². The summed E-state index contributed by atoms with van der Waals surface area (Å²) in [5, 5.41) is 0.614. The first-order valence-corrected chi connectivity index (χ1v) is 6.59. The molecule has 96 valence electrons. The molecule has 3 aromatic heterocycles. The second-order valence-electron chi connectivity index (χ2n) is 4.31. The Bertz CT molecular complexity index is 820. The van der Waals surface area contributed by atoms with Crippen molar-refractivity contribution in [1.29, 1.82) is 0 Å². The van der Waals surface area contributed by atoms with Crippen LogP contribution >= 0.6 is 11.3 Å². The fourth-order valence-corrected chi connectivity index (χ4v) is 3.03. The predicted octanol–water partition coefficient (Wildman–Crippen LogP) is 1.85. The van der Waals surface area contributed by atoms with Crippen molar-refractivity contribution in [2.24, 2.45) is 0 Å². The van der Waals surface area contributed by atoms with Crippen LogP contribution in [0.15, 0.2) is 29.3 Å². The van der Waals surface area contributed by atoms with Crippen LogP contribution in [0.4, 0.5) is 0 Å². The number of nitrogens with zero attached hydrogens (tertiary/aromatic N) is 3. The predicted molar refractivity (Wildman–Crippen MR) is 76.7 cm³/mol. The zero-order valence-corrected chi connectivity index (χ0v) is 11.4. The van der Waals surface area contributed by atoms with E-state index in [9.17, 15) is 4.79 Å². The molecule has 0 amide bonds. The lowest BCUT2D eigenvalue weighted by Gasteiger charge is -2.06. The molecule has 0 saturated heterocycles. The van der Waals surface area contributed by atoms with Gasteiger partial charge in [-0.25, -0.2) is 9.66 Å². The van der Waals surface area contributed by atoms with Crippen LogP contribution in [0.2, 0.25) is 0 Å². The molecule has 0 radical (unpaired) electrons. The summed E-state index contributed by atoms with van der Waals surface area (Å²) in [6.45, 7) is 3.90. The van der Waals surface area contributed by atoms with Gasteiger partial charge in [0, 0.05) is 22.8 Å². The third kappa shape index (κ3) is 1.72. The van der Waals surface area contributed by atoms with Gasteiger partial charge in [-0.3, -0.25) is 9.78 Å². The third-order valence-electron chi connectivity index (χ3n) is 3.17. The van der Waals surface area contributed by atoms with Crippen molar-refractivity contribution in [3.8, 4) is 11.4 Å². The summed E-state index contributed by atoms with van der Waals surface area (Å²) in [5.74, 6) is 6.34. The van der Waals surface area contributed by atoms with Crippen molar-refractivity contribution in [2.45, 2.75) is 13.8 Å². The first kappa shape index (κ1) is 11.9. The molecule has 0 saturated carbocycles. The van der Waals surface area contributed by atoms with Crippen molar-refractivity contribution < 1.29 is 0 Å². The summed E-state index contributed by atoms with van der Waals surface area (Å²) in [6, 6.07) is 3.56. The van der Waals surface area contributed by atoms with E-state index in [1.807, 2.05) is 13.8 Å². The molecule has 2 N–H and O–H groups in total. The molecule has 0 atom stereocenters. The van der Waals surface area contributed by atoms with Gasteiger partial charge in [0.15, 0.2) is 5.82 Å². The highest BCUT2D eigenvalue weighted by molar-refractivity contribution is 7.18. The van der Waals surface area contributed by atoms with Crippen LogP contribution in [0, 0.1) is 13.8 Å². The smallest absolute Gasteiger partial charge is 0.281 e. The minimum absolute atomic E-state index is 0.210. The normalized spacial score (nSPS) is 11.1. The van der Waals surface area contributed by atoms with Gasteiger partial charge in [0.05, 0.1) is 5.39 Å². The highest BCUT2D eigenvalue weighted by Gasteiger charge is 2.15. The van der Waals surface area contributed by atoms with E-state index in [0.717, 1.165) is 25.5 Å². The molecule has 0 bridgehead atoms. The number of aromatic nitrogens is 3. The Hall–Kier alpha value is -2.21. The number of thiophene rings is 1. The summed E-state index contributed by atoms with van der Waals surface area (Å²) in [6.07, 6.45) is 3.30. The Kier molecular flexibility index (Phi) is 2.60. The molecule has 3 aromatic rings. The number of nitrogen functional groups attached to an aromatic ring is 1. The van der Waals surface area contributed by atoms with Gasteiger partial charge in [-0.15, -0.1) is 11.3 Å². The lowest BCUT2D eigenvalue weighted by atomic mass is 10.2. The summed E-state index contributed by atoms with van der Waals surface area (Å²) < 4.78 is 1.11. The zero-order chi connectivity index (χ0) is 13.6. The molecule has 0 aromatic carbocycles. The topological polar surface area (TPSA) is 73.8 Å². The molecule has 5 nitrogen and oxygen atoms in total. The van der Waals surface area contributed by atoms with Crippen molar-refractivity contribution >= 4 is 21.6 Å². The van der Waals surface area contributed by atoms with Crippen LogP contribution in [0.3, 0.4) is 0 Å². The Morgan fingerprint density at radius 1 is 1.26 bits per heavy atom. The van der Waals surface area contributed by atoms with E-state index in [0.29, 0.717) is 11.2 Å². The highest BCUT2D eigenvalue weighted by atomic mass is 32.1. The largest absolute Gasteiger partial charge is 0.334 e. The van der Waals surface area contributed by atoms with Gasteiger partial charge in [0.25, 0.3) is 5.56 Å². The molecule has 0 fully saturated rings. The maximum absolute atomic E-state index is 12.3. The molecule has 3 rings (SSSR count). The Balaban J connectivity index is 2.41. The van der Waals surface area contributed by atoms with E-state index in [2.05, 4.69) is 9.97 Å². The lowest BCUT2D eigenvalue weighted by molar-refractivity contribution is 0.927. The van der Waals surface area contributed by atoms with Gasteiger partial charge < -0.3 is 5.84 Å². The number of hydrogen-bond donors (Lipinski definition) is 1. The van der Waals surface area contributed by atoms with Gasteiger partial charge in [-0.1, -0.05) is 0 Å². The first-order chi connectivity index (χ1) is 9.09. The number of pyridine rings is 1. The summed E-state index contributed by atoms with van der Waals surface area (Å²) >= 11 is 1.51. The summed E-state index contributed by atoms with van der Waals surface area (Å²) in [4.78, 5) is 22.6. The zero-order valence-electron chi connectivity index (χ0n) is 10.5. The molecular formula is C13H12N4OS. The number of nitrogens with two attached hydrogens (primary N) is 1. The van der Waals surface area contributed by atoms with Crippen LogP contribution in [0.1, 0.15) is 10.4 Å². The Morgan fingerprint density at radius 2 is 1.95 bits per heavy atom. The molecule has 0 spiro atoms. The van der Waals surface area contributed by atoms with Gasteiger partial charge in [-0.05, 0) is 31.5 Å². The molecule has 0 aliphatic carbocycles. The van der Waals surface area contributed by atoms with Gasteiger partial charge in [0.1, 0.15) is 4.83 Å². The van der Waals surface area contributed by atoms with Crippen molar-refractivity contribution in [3.05, 3.63) is 45.3 Å². The van der Waals surface area contributed by atoms with E-state index >= 15 is 0 Å². The second-order valence-corrected chi connectivity index (χ2v) is 5.51. The first-order valence-electron chi connectivity index (χ1n) is 5.78.